The van der Waals surface area contributed by atoms with Crippen LogP contribution in [0.1, 0.15) is 52.4 Å². The number of nitrogens with one attached hydrogen (secondary N) is 3. The Balaban J connectivity index is 5.52. The fraction of sp³-hybridized carbons (Fsp3) is 0.714. The molecule has 0 rings (SSSR count). The second kappa shape index (κ2) is 16.7. The third-order valence-corrected chi connectivity index (χ3v) is 5.56. The quantitative estimate of drug-likeness (QED) is 0.108. The van der Waals surface area contributed by atoms with Gasteiger partial charge in [0.1, 0.15) is 18.1 Å². The summed E-state index contributed by atoms with van der Waals surface area (Å²) in [5, 5.41) is 16.8. The minimum absolute atomic E-state index is 0.00650. The summed E-state index contributed by atoms with van der Waals surface area (Å²) in [6.45, 7) is 3.64. The van der Waals surface area contributed by atoms with Crippen molar-refractivity contribution in [2.45, 2.75) is 76.5 Å². The normalized spacial score (nSPS) is 14.3. The predicted octanol–water partition coefficient (Wildman–Crippen LogP) is -1.82. The van der Waals surface area contributed by atoms with E-state index in [1.165, 1.54) is 11.8 Å². The molecule has 200 valence electrons. The molecule has 0 radical (unpaired) electrons. The summed E-state index contributed by atoms with van der Waals surface area (Å²) in [6, 6.07) is -4.59. The van der Waals surface area contributed by atoms with Crippen molar-refractivity contribution in [3.05, 3.63) is 0 Å². The van der Waals surface area contributed by atoms with E-state index in [0.29, 0.717) is 5.75 Å². The van der Waals surface area contributed by atoms with Gasteiger partial charge in [0.15, 0.2) is 0 Å². The maximum absolute atomic E-state index is 13.0. The Morgan fingerprint density at radius 3 is 1.74 bits per heavy atom. The molecule has 0 aromatic heterocycles. The van der Waals surface area contributed by atoms with Crippen LogP contribution in [0, 0.1) is 5.92 Å². The van der Waals surface area contributed by atoms with Gasteiger partial charge in [-0.2, -0.15) is 11.8 Å². The number of carboxylic acids is 1. The van der Waals surface area contributed by atoms with Crippen LogP contribution in [-0.4, -0.2) is 76.8 Å². The maximum Gasteiger partial charge on any atom is 0.326 e. The van der Waals surface area contributed by atoms with Crippen LogP contribution in [0.25, 0.3) is 0 Å². The summed E-state index contributed by atoms with van der Waals surface area (Å²) < 4.78 is 0. The topological polar surface area (TPSA) is 237 Å². The molecule has 0 aliphatic heterocycles. The lowest BCUT2D eigenvalue weighted by atomic mass is 10.0. The van der Waals surface area contributed by atoms with Gasteiger partial charge in [0.2, 0.25) is 29.5 Å². The average molecular weight is 519 g/mol. The third-order valence-electron chi connectivity index (χ3n) is 4.92. The van der Waals surface area contributed by atoms with E-state index in [2.05, 4.69) is 16.0 Å². The lowest BCUT2D eigenvalue weighted by molar-refractivity contribution is -0.142. The van der Waals surface area contributed by atoms with Crippen LogP contribution in [0.5, 0.6) is 0 Å². The van der Waals surface area contributed by atoms with Crippen molar-refractivity contribution >= 4 is 47.3 Å². The second-order valence-electron chi connectivity index (χ2n) is 8.55. The lowest BCUT2D eigenvalue weighted by Gasteiger charge is -2.26. The first kappa shape index (κ1) is 32.1. The molecule has 0 saturated carbocycles. The van der Waals surface area contributed by atoms with Crippen molar-refractivity contribution < 1.29 is 33.9 Å². The van der Waals surface area contributed by atoms with Crippen LogP contribution in [0.3, 0.4) is 0 Å². The highest BCUT2D eigenvalue weighted by atomic mass is 32.2. The van der Waals surface area contributed by atoms with E-state index in [1.54, 1.807) is 6.26 Å². The average Bonchev–Trinajstić information content (AvgIpc) is 2.75. The molecular weight excluding hydrogens is 480 g/mol. The zero-order valence-corrected chi connectivity index (χ0v) is 21.2. The van der Waals surface area contributed by atoms with Gasteiger partial charge in [0.25, 0.3) is 0 Å². The van der Waals surface area contributed by atoms with Gasteiger partial charge in [-0.3, -0.25) is 24.0 Å². The van der Waals surface area contributed by atoms with E-state index in [0.717, 1.165) is 0 Å². The zero-order valence-electron chi connectivity index (χ0n) is 20.4. The Morgan fingerprint density at radius 1 is 0.771 bits per heavy atom. The number of primary amides is 2. The number of hydrogen-bond acceptors (Lipinski definition) is 8. The number of aliphatic carboxylic acids is 1. The maximum atomic E-state index is 13.0. The Bertz CT molecular complexity index is 764. The largest absolute Gasteiger partial charge is 0.480 e. The molecule has 35 heavy (non-hydrogen) atoms. The molecule has 14 heteroatoms. The van der Waals surface area contributed by atoms with Crippen molar-refractivity contribution in [2.24, 2.45) is 23.1 Å². The summed E-state index contributed by atoms with van der Waals surface area (Å²) >= 11 is 1.41. The molecule has 10 N–H and O–H groups in total. The van der Waals surface area contributed by atoms with E-state index >= 15 is 0 Å². The summed E-state index contributed by atoms with van der Waals surface area (Å²) in [7, 11) is 0. The fourth-order valence-electron chi connectivity index (χ4n) is 3.00. The molecule has 13 nitrogen and oxygen atoms in total. The SMILES string of the molecule is CSCCC(NC(=O)C(CCC(N)=O)NC(=O)C(CC(C)C)NC(=O)C(N)CCC(N)=O)C(=O)O. The monoisotopic (exact) mass is 518 g/mol. The number of thioether (sulfide) groups is 1. The molecule has 0 heterocycles. The van der Waals surface area contributed by atoms with Crippen molar-refractivity contribution in [3.63, 3.8) is 0 Å². The number of rotatable bonds is 18. The summed E-state index contributed by atoms with van der Waals surface area (Å²) in [4.78, 5) is 71.9. The molecule has 0 fully saturated rings. The summed E-state index contributed by atoms with van der Waals surface area (Å²) in [6.07, 6.45) is 1.64. The van der Waals surface area contributed by atoms with Crippen LogP contribution in [0.2, 0.25) is 0 Å². The molecule has 4 atom stereocenters. The Labute approximate surface area is 209 Å². The number of hydrogen-bond donors (Lipinski definition) is 7. The number of carbonyl (C=O) groups is 6. The lowest BCUT2D eigenvalue weighted by Crippen LogP contribution is -2.57. The molecule has 0 bridgehead atoms. The Kier molecular flexibility index (Phi) is 15.3. The van der Waals surface area contributed by atoms with Crippen molar-refractivity contribution in [3.8, 4) is 0 Å². The molecule has 0 aromatic carbocycles. The highest BCUT2D eigenvalue weighted by molar-refractivity contribution is 7.98. The van der Waals surface area contributed by atoms with Gasteiger partial charge in [-0.1, -0.05) is 13.8 Å². The van der Waals surface area contributed by atoms with Crippen LogP contribution < -0.4 is 33.2 Å². The van der Waals surface area contributed by atoms with Gasteiger partial charge >= 0.3 is 5.97 Å². The number of carboxylic acid groups (broad SMARTS) is 1. The smallest absolute Gasteiger partial charge is 0.326 e. The van der Waals surface area contributed by atoms with Crippen molar-refractivity contribution in [1.82, 2.24) is 16.0 Å². The number of nitrogens with two attached hydrogens (primary N) is 3. The molecule has 0 saturated heterocycles. The zero-order chi connectivity index (χ0) is 27.1. The molecule has 0 spiro atoms. The van der Waals surface area contributed by atoms with Gasteiger partial charge in [-0.15, -0.1) is 0 Å². The van der Waals surface area contributed by atoms with E-state index in [1.807, 2.05) is 13.8 Å². The summed E-state index contributed by atoms with van der Waals surface area (Å²) in [5.41, 5.74) is 16.0. The van der Waals surface area contributed by atoms with Crippen LogP contribution in [0.15, 0.2) is 0 Å². The van der Waals surface area contributed by atoms with Gasteiger partial charge in [-0.05, 0) is 43.6 Å². The predicted molar refractivity (Wildman–Crippen MR) is 131 cm³/mol. The summed E-state index contributed by atoms with van der Waals surface area (Å²) in [5.74, 6) is -4.29. The molecule has 5 amide bonds. The van der Waals surface area contributed by atoms with Crippen LogP contribution >= 0.6 is 11.8 Å². The first-order chi connectivity index (χ1) is 16.3. The second-order valence-corrected chi connectivity index (χ2v) is 9.53. The molecule has 0 aromatic rings. The molecular formula is C21H38N6O7S. The van der Waals surface area contributed by atoms with Gasteiger partial charge in [0, 0.05) is 12.8 Å². The highest BCUT2D eigenvalue weighted by Crippen LogP contribution is 2.09. The van der Waals surface area contributed by atoms with E-state index < -0.39 is 59.7 Å². The van der Waals surface area contributed by atoms with Gasteiger partial charge < -0.3 is 38.3 Å². The van der Waals surface area contributed by atoms with E-state index in [4.69, 9.17) is 17.2 Å². The minimum Gasteiger partial charge on any atom is -0.480 e. The van der Waals surface area contributed by atoms with E-state index in [-0.39, 0.29) is 44.4 Å². The van der Waals surface area contributed by atoms with Crippen molar-refractivity contribution in [1.29, 1.82) is 0 Å². The molecule has 0 aliphatic rings. The Morgan fingerprint density at radius 2 is 1.26 bits per heavy atom. The fourth-order valence-corrected chi connectivity index (χ4v) is 3.48. The van der Waals surface area contributed by atoms with Gasteiger partial charge in [0.05, 0.1) is 6.04 Å². The Hall–Kier alpha value is -2.87. The number of carbonyl (C=O) groups excluding carboxylic acids is 5. The number of amides is 5. The first-order valence-corrected chi connectivity index (χ1v) is 12.6. The first-order valence-electron chi connectivity index (χ1n) is 11.2. The molecule has 4 unspecified atom stereocenters. The highest BCUT2D eigenvalue weighted by Gasteiger charge is 2.30. The third kappa shape index (κ3) is 14.2. The minimum atomic E-state index is -1.26. The van der Waals surface area contributed by atoms with Crippen LogP contribution in [-0.2, 0) is 28.8 Å². The van der Waals surface area contributed by atoms with Gasteiger partial charge in [-0.25, -0.2) is 4.79 Å². The van der Waals surface area contributed by atoms with Crippen LogP contribution in [0.4, 0.5) is 0 Å². The van der Waals surface area contributed by atoms with E-state index in [9.17, 15) is 33.9 Å². The standard InChI is InChI=1S/C21H38N6O7S/c1-11(2)10-15(27-18(30)12(22)4-6-16(23)28)20(32)25-13(5-7-17(24)29)19(31)26-14(21(33)34)8-9-35-3/h11-15H,4-10,22H2,1-3H3,(H2,23,28)(H2,24,29)(H,25,32)(H,26,31)(H,27,30)(H,33,34). The molecule has 0 aliphatic carbocycles. The van der Waals surface area contributed by atoms with Crippen molar-refractivity contribution in [2.75, 3.05) is 12.0 Å².